The van der Waals surface area contributed by atoms with E-state index in [0.717, 1.165) is 10.6 Å². The summed E-state index contributed by atoms with van der Waals surface area (Å²) >= 11 is 1.33. The third kappa shape index (κ3) is 5.42. The number of ketones is 1. The number of esters is 1. The van der Waals surface area contributed by atoms with Gasteiger partial charge in [-0.3, -0.25) is 9.59 Å². The molecule has 0 atom stereocenters. The summed E-state index contributed by atoms with van der Waals surface area (Å²) in [6.45, 7) is -0.343. The van der Waals surface area contributed by atoms with Crippen LogP contribution < -0.4 is 14.2 Å². The number of carbonyl (C=O) groups is 2. The number of carbonyl (C=O) groups excluding carboxylic acids is 2. The highest BCUT2D eigenvalue weighted by molar-refractivity contribution is 8.00. The molecule has 2 aromatic carbocycles. The molecule has 0 saturated carbocycles. The summed E-state index contributed by atoms with van der Waals surface area (Å²) in [5.74, 6) is 0.999. The fraction of sp³-hybridized carbons (Fsp3) is 0.263. The first-order chi connectivity index (χ1) is 12.6. The van der Waals surface area contributed by atoms with Gasteiger partial charge in [0.2, 0.25) is 5.78 Å². The van der Waals surface area contributed by atoms with Crippen molar-refractivity contribution in [2.24, 2.45) is 0 Å². The van der Waals surface area contributed by atoms with Crippen LogP contribution in [0, 0.1) is 0 Å². The highest BCUT2D eigenvalue weighted by atomic mass is 32.2. The first-order valence-corrected chi connectivity index (χ1v) is 8.73. The van der Waals surface area contributed by atoms with Gasteiger partial charge < -0.3 is 18.9 Å². The number of ether oxygens (including phenoxy) is 4. The average Bonchev–Trinajstić information content (AvgIpc) is 2.70. The van der Waals surface area contributed by atoms with Crippen LogP contribution in [0.4, 0.5) is 0 Å². The van der Waals surface area contributed by atoms with Crippen LogP contribution in [0.2, 0.25) is 0 Å². The van der Waals surface area contributed by atoms with Crippen molar-refractivity contribution < 1.29 is 28.5 Å². The van der Waals surface area contributed by atoms with E-state index in [1.165, 1.54) is 26.0 Å². The standard InChI is InChI=1S/C19H20O6S/c1-22-13-4-7-15(8-5-13)26-12-19(21)25-11-17(20)16-9-6-14(23-2)10-18(16)24-3/h4-10H,11-12H2,1-3H3. The van der Waals surface area contributed by atoms with Gasteiger partial charge in [0, 0.05) is 11.0 Å². The van der Waals surface area contributed by atoms with Crippen LogP contribution in [0.1, 0.15) is 10.4 Å². The Bertz CT molecular complexity index is 757. The first-order valence-electron chi connectivity index (χ1n) is 7.75. The van der Waals surface area contributed by atoms with Crippen LogP contribution in [0.15, 0.2) is 47.4 Å². The van der Waals surface area contributed by atoms with Gasteiger partial charge in [-0.25, -0.2) is 0 Å². The van der Waals surface area contributed by atoms with E-state index in [4.69, 9.17) is 18.9 Å². The predicted molar refractivity (Wildman–Crippen MR) is 98.6 cm³/mol. The molecule has 0 aliphatic heterocycles. The maximum Gasteiger partial charge on any atom is 0.316 e. The summed E-state index contributed by atoms with van der Waals surface area (Å²) < 4.78 is 20.4. The second-order valence-corrected chi connectivity index (χ2v) is 6.16. The molecular formula is C19H20O6S. The summed E-state index contributed by atoms with van der Waals surface area (Å²) in [5, 5.41) is 0. The molecule has 0 unspecified atom stereocenters. The van der Waals surface area contributed by atoms with Gasteiger partial charge in [-0.1, -0.05) is 0 Å². The van der Waals surface area contributed by atoms with Gasteiger partial charge in [0.25, 0.3) is 0 Å². The SMILES string of the molecule is COc1ccc(SCC(=O)OCC(=O)c2ccc(OC)cc2OC)cc1. The van der Waals surface area contributed by atoms with E-state index in [1.54, 1.807) is 25.3 Å². The normalized spacial score (nSPS) is 10.1. The molecule has 0 fully saturated rings. The van der Waals surface area contributed by atoms with Crippen molar-refractivity contribution >= 4 is 23.5 Å². The van der Waals surface area contributed by atoms with Gasteiger partial charge >= 0.3 is 5.97 Å². The van der Waals surface area contributed by atoms with Crippen LogP contribution in [-0.2, 0) is 9.53 Å². The number of thioether (sulfide) groups is 1. The Labute approximate surface area is 156 Å². The Morgan fingerprint density at radius 3 is 2.15 bits per heavy atom. The summed E-state index contributed by atoms with van der Waals surface area (Å²) in [4.78, 5) is 25.0. The molecule has 0 radical (unpaired) electrons. The maximum absolute atomic E-state index is 12.3. The largest absolute Gasteiger partial charge is 0.497 e. The Kier molecular flexibility index (Phi) is 7.35. The molecule has 0 aliphatic carbocycles. The van der Waals surface area contributed by atoms with Crippen molar-refractivity contribution in [1.29, 1.82) is 0 Å². The Hall–Kier alpha value is -2.67. The Balaban J connectivity index is 1.85. The predicted octanol–water partition coefficient (Wildman–Crippen LogP) is 3.23. The third-order valence-corrected chi connectivity index (χ3v) is 4.48. The molecule has 2 rings (SSSR count). The van der Waals surface area contributed by atoms with Gasteiger partial charge in [-0.15, -0.1) is 11.8 Å². The second-order valence-electron chi connectivity index (χ2n) is 5.11. The van der Waals surface area contributed by atoms with E-state index < -0.39 is 5.97 Å². The minimum atomic E-state index is -0.466. The highest BCUT2D eigenvalue weighted by Crippen LogP contribution is 2.25. The number of hydrogen-bond acceptors (Lipinski definition) is 7. The summed E-state index contributed by atoms with van der Waals surface area (Å²) in [5.41, 5.74) is 0.337. The van der Waals surface area contributed by atoms with Crippen molar-refractivity contribution in [3.8, 4) is 17.2 Å². The van der Waals surface area contributed by atoms with E-state index in [2.05, 4.69) is 0 Å². The monoisotopic (exact) mass is 376 g/mol. The zero-order valence-corrected chi connectivity index (χ0v) is 15.6. The Morgan fingerprint density at radius 2 is 1.54 bits per heavy atom. The number of benzene rings is 2. The zero-order chi connectivity index (χ0) is 18.9. The van der Waals surface area contributed by atoms with Gasteiger partial charge in [-0.2, -0.15) is 0 Å². The Morgan fingerprint density at radius 1 is 0.885 bits per heavy atom. The van der Waals surface area contributed by atoms with Crippen LogP contribution in [0.5, 0.6) is 17.2 Å². The second kappa shape index (κ2) is 9.72. The fourth-order valence-corrected chi connectivity index (χ4v) is 2.80. The third-order valence-electron chi connectivity index (χ3n) is 3.49. The van der Waals surface area contributed by atoms with Crippen molar-refractivity contribution in [2.75, 3.05) is 33.7 Å². The molecule has 0 heterocycles. The number of hydrogen-bond donors (Lipinski definition) is 0. The maximum atomic E-state index is 12.3. The van der Waals surface area contributed by atoms with Gasteiger partial charge in [0.05, 0.1) is 32.6 Å². The molecule has 0 spiro atoms. The first kappa shape index (κ1) is 19.7. The molecule has 2 aromatic rings. The van der Waals surface area contributed by atoms with E-state index in [0.29, 0.717) is 17.1 Å². The summed E-state index contributed by atoms with van der Waals surface area (Å²) in [7, 11) is 4.58. The van der Waals surface area contributed by atoms with Crippen molar-refractivity contribution in [3.63, 3.8) is 0 Å². The summed E-state index contributed by atoms with van der Waals surface area (Å²) in [6.07, 6.45) is 0. The highest BCUT2D eigenvalue weighted by Gasteiger charge is 2.15. The molecule has 0 bridgehead atoms. The van der Waals surface area contributed by atoms with Crippen molar-refractivity contribution in [1.82, 2.24) is 0 Å². The van der Waals surface area contributed by atoms with Gasteiger partial charge in [-0.05, 0) is 36.4 Å². The summed E-state index contributed by atoms with van der Waals surface area (Å²) in [6, 6.07) is 12.2. The molecular weight excluding hydrogens is 356 g/mol. The van der Waals surface area contributed by atoms with Crippen LogP contribution in [-0.4, -0.2) is 45.4 Å². The molecule has 26 heavy (non-hydrogen) atoms. The lowest BCUT2D eigenvalue weighted by Gasteiger charge is -2.10. The fourth-order valence-electron chi connectivity index (χ4n) is 2.11. The molecule has 0 saturated heterocycles. The van der Waals surface area contributed by atoms with Crippen LogP contribution >= 0.6 is 11.8 Å². The minimum absolute atomic E-state index is 0.110. The van der Waals surface area contributed by atoms with Gasteiger partial charge in [0.1, 0.15) is 17.2 Å². The van der Waals surface area contributed by atoms with Crippen LogP contribution in [0.25, 0.3) is 0 Å². The lowest BCUT2D eigenvalue weighted by atomic mass is 10.1. The molecule has 0 aliphatic rings. The van der Waals surface area contributed by atoms with E-state index in [-0.39, 0.29) is 18.1 Å². The molecule has 138 valence electrons. The van der Waals surface area contributed by atoms with E-state index in [1.807, 2.05) is 24.3 Å². The number of methoxy groups -OCH3 is 3. The number of rotatable bonds is 9. The molecule has 0 N–H and O–H groups in total. The van der Waals surface area contributed by atoms with Gasteiger partial charge in [0.15, 0.2) is 6.61 Å². The number of Topliss-reactive ketones (excluding diaryl/α,β-unsaturated/α-hetero) is 1. The van der Waals surface area contributed by atoms with Crippen molar-refractivity contribution in [2.45, 2.75) is 4.90 Å². The van der Waals surface area contributed by atoms with Crippen molar-refractivity contribution in [3.05, 3.63) is 48.0 Å². The van der Waals surface area contributed by atoms with Crippen LogP contribution in [0.3, 0.4) is 0 Å². The quantitative estimate of drug-likeness (QED) is 0.378. The smallest absolute Gasteiger partial charge is 0.316 e. The minimum Gasteiger partial charge on any atom is -0.497 e. The average molecular weight is 376 g/mol. The lowest BCUT2D eigenvalue weighted by molar-refractivity contribution is -0.139. The molecule has 0 amide bonds. The molecule has 0 aromatic heterocycles. The molecule has 6 nitrogen and oxygen atoms in total. The zero-order valence-electron chi connectivity index (χ0n) is 14.8. The van der Waals surface area contributed by atoms with E-state index >= 15 is 0 Å². The molecule has 7 heteroatoms. The topological polar surface area (TPSA) is 71.1 Å². The van der Waals surface area contributed by atoms with E-state index in [9.17, 15) is 9.59 Å². The lowest BCUT2D eigenvalue weighted by Crippen LogP contribution is -2.16.